The molecule has 0 aliphatic carbocycles. The molecule has 1 amide bonds. The summed E-state index contributed by atoms with van der Waals surface area (Å²) in [5.41, 5.74) is 1.69. The largest absolute Gasteiger partial charge is 0.342 e. The van der Waals surface area contributed by atoms with Crippen molar-refractivity contribution in [2.75, 3.05) is 17.3 Å². The Kier molecular flexibility index (Phi) is 4.98. The molecule has 3 aromatic rings. The van der Waals surface area contributed by atoms with Gasteiger partial charge >= 0.3 is 0 Å². The molecule has 0 saturated heterocycles. The number of amides is 1. The standard InChI is InChI=1S/C18H19N3OS/c1-23-13-9-17(21-11-2-3-12-21)18(22)20-16-8-4-7-15-14(16)6-5-10-19-15/h2-8,10-12,17H,9,13H2,1H3,(H,20,22)/t17-/m0/s1. The fourth-order valence-corrected chi connectivity index (χ4v) is 3.09. The first-order valence-corrected chi connectivity index (χ1v) is 8.95. The van der Waals surface area contributed by atoms with Gasteiger partial charge < -0.3 is 9.88 Å². The third-order valence-corrected chi connectivity index (χ3v) is 4.43. The number of nitrogens with one attached hydrogen (secondary N) is 1. The number of thioether (sulfide) groups is 1. The van der Waals surface area contributed by atoms with Crippen LogP contribution in [0.5, 0.6) is 0 Å². The van der Waals surface area contributed by atoms with Gasteiger partial charge in [0.05, 0.1) is 11.2 Å². The van der Waals surface area contributed by atoms with Crippen molar-refractivity contribution in [1.82, 2.24) is 9.55 Å². The van der Waals surface area contributed by atoms with E-state index in [1.165, 1.54) is 0 Å². The summed E-state index contributed by atoms with van der Waals surface area (Å²) in [7, 11) is 0. The Morgan fingerprint density at radius 2 is 2.04 bits per heavy atom. The van der Waals surface area contributed by atoms with E-state index in [9.17, 15) is 4.79 Å². The maximum absolute atomic E-state index is 12.8. The second kappa shape index (κ2) is 7.33. The molecule has 0 aliphatic rings. The van der Waals surface area contributed by atoms with E-state index in [-0.39, 0.29) is 11.9 Å². The highest BCUT2D eigenvalue weighted by molar-refractivity contribution is 7.98. The number of hydrogen-bond donors (Lipinski definition) is 1. The van der Waals surface area contributed by atoms with E-state index in [4.69, 9.17) is 0 Å². The van der Waals surface area contributed by atoms with E-state index in [0.29, 0.717) is 0 Å². The van der Waals surface area contributed by atoms with Gasteiger partial charge in [0.1, 0.15) is 6.04 Å². The average molecular weight is 325 g/mol. The summed E-state index contributed by atoms with van der Waals surface area (Å²) < 4.78 is 1.97. The maximum atomic E-state index is 12.8. The van der Waals surface area contributed by atoms with Crippen LogP contribution in [0.4, 0.5) is 5.69 Å². The summed E-state index contributed by atoms with van der Waals surface area (Å²) in [6.45, 7) is 0. The van der Waals surface area contributed by atoms with Crippen molar-refractivity contribution < 1.29 is 4.79 Å². The quantitative estimate of drug-likeness (QED) is 0.746. The van der Waals surface area contributed by atoms with E-state index in [1.807, 2.05) is 59.4 Å². The molecular weight excluding hydrogens is 306 g/mol. The van der Waals surface area contributed by atoms with Crippen LogP contribution in [-0.2, 0) is 4.79 Å². The molecule has 1 aromatic carbocycles. The third-order valence-electron chi connectivity index (χ3n) is 3.79. The fraction of sp³-hybridized carbons (Fsp3) is 0.222. The van der Waals surface area contributed by atoms with E-state index >= 15 is 0 Å². The van der Waals surface area contributed by atoms with Gasteiger partial charge in [-0.3, -0.25) is 9.78 Å². The third kappa shape index (κ3) is 3.56. The number of benzene rings is 1. The molecule has 5 heteroatoms. The Labute approximate surface area is 139 Å². The predicted octanol–water partition coefficient (Wildman–Crippen LogP) is 3.97. The van der Waals surface area contributed by atoms with Crippen molar-refractivity contribution in [2.24, 2.45) is 0 Å². The molecule has 23 heavy (non-hydrogen) atoms. The topological polar surface area (TPSA) is 46.9 Å². The minimum atomic E-state index is -0.204. The maximum Gasteiger partial charge on any atom is 0.247 e. The van der Waals surface area contributed by atoms with Crippen molar-refractivity contribution in [2.45, 2.75) is 12.5 Å². The second-order valence-electron chi connectivity index (χ2n) is 5.29. The summed E-state index contributed by atoms with van der Waals surface area (Å²) in [6, 6.07) is 13.3. The minimum absolute atomic E-state index is 0.00611. The molecule has 0 radical (unpaired) electrons. The van der Waals surface area contributed by atoms with Crippen molar-refractivity contribution >= 4 is 34.3 Å². The highest BCUT2D eigenvalue weighted by Gasteiger charge is 2.20. The van der Waals surface area contributed by atoms with Crippen molar-refractivity contribution in [3.63, 3.8) is 0 Å². The summed E-state index contributed by atoms with van der Waals surface area (Å²) in [5, 5.41) is 4.03. The first kappa shape index (κ1) is 15.6. The van der Waals surface area contributed by atoms with Crippen molar-refractivity contribution in [3.05, 3.63) is 61.1 Å². The van der Waals surface area contributed by atoms with Crippen LogP contribution in [0.25, 0.3) is 10.9 Å². The smallest absolute Gasteiger partial charge is 0.247 e. The van der Waals surface area contributed by atoms with Gasteiger partial charge in [-0.05, 0) is 54.8 Å². The predicted molar refractivity (Wildman–Crippen MR) is 96.8 cm³/mol. The Hall–Kier alpha value is -2.27. The van der Waals surface area contributed by atoms with Crippen LogP contribution in [0.2, 0.25) is 0 Å². The Morgan fingerprint density at radius 1 is 1.22 bits per heavy atom. The lowest BCUT2D eigenvalue weighted by Crippen LogP contribution is -2.26. The zero-order valence-electron chi connectivity index (χ0n) is 13.0. The van der Waals surface area contributed by atoms with Gasteiger partial charge in [-0.1, -0.05) is 6.07 Å². The van der Waals surface area contributed by atoms with Gasteiger partial charge in [-0.25, -0.2) is 0 Å². The van der Waals surface area contributed by atoms with Gasteiger partial charge in [0.2, 0.25) is 5.91 Å². The molecular formula is C18H19N3OS. The molecule has 4 nitrogen and oxygen atoms in total. The molecule has 0 fully saturated rings. The highest BCUT2D eigenvalue weighted by atomic mass is 32.2. The van der Waals surface area contributed by atoms with Crippen molar-refractivity contribution in [3.8, 4) is 0 Å². The number of anilines is 1. The summed E-state index contributed by atoms with van der Waals surface area (Å²) in [6.07, 6.45) is 8.49. The lowest BCUT2D eigenvalue weighted by molar-refractivity contribution is -0.119. The molecule has 0 spiro atoms. The van der Waals surface area contributed by atoms with Crippen molar-refractivity contribution in [1.29, 1.82) is 0 Å². The Bertz CT molecular complexity index is 781. The highest BCUT2D eigenvalue weighted by Crippen LogP contribution is 2.24. The molecule has 0 unspecified atom stereocenters. The lowest BCUT2D eigenvalue weighted by atomic mass is 10.1. The Balaban J connectivity index is 1.86. The summed E-state index contributed by atoms with van der Waals surface area (Å²) >= 11 is 1.75. The number of carbonyl (C=O) groups excluding carboxylic acids is 1. The molecule has 1 N–H and O–H groups in total. The monoisotopic (exact) mass is 325 g/mol. The average Bonchev–Trinajstić information content (AvgIpc) is 3.10. The van der Waals surface area contributed by atoms with Gasteiger partial charge in [-0.2, -0.15) is 11.8 Å². The number of rotatable bonds is 6. The molecule has 2 aromatic heterocycles. The molecule has 3 rings (SSSR count). The molecule has 0 bridgehead atoms. The molecule has 118 valence electrons. The van der Waals surface area contributed by atoms with Gasteiger partial charge in [0.25, 0.3) is 0 Å². The van der Waals surface area contributed by atoms with Gasteiger partial charge in [0.15, 0.2) is 0 Å². The molecule has 0 aliphatic heterocycles. The van der Waals surface area contributed by atoms with E-state index in [2.05, 4.69) is 16.6 Å². The van der Waals surface area contributed by atoms with E-state index in [1.54, 1.807) is 18.0 Å². The number of carbonyl (C=O) groups is 1. The number of nitrogens with zero attached hydrogens (tertiary/aromatic N) is 2. The zero-order chi connectivity index (χ0) is 16.1. The number of fused-ring (bicyclic) bond motifs is 1. The fourth-order valence-electron chi connectivity index (χ4n) is 2.63. The van der Waals surface area contributed by atoms with Crippen LogP contribution in [-0.4, -0.2) is 27.5 Å². The summed E-state index contributed by atoms with van der Waals surface area (Å²) in [5.74, 6) is 0.944. The lowest BCUT2D eigenvalue weighted by Gasteiger charge is -2.19. The van der Waals surface area contributed by atoms with Crippen LogP contribution in [0.15, 0.2) is 61.1 Å². The van der Waals surface area contributed by atoms with Crippen LogP contribution in [0, 0.1) is 0 Å². The normalized spacial score (nSPS) is 12.2. The molecule has 1 atom stereocenters. The molecule has 2 heterocycles. The van der Waals surface area contributed by atoms with Crippen LogP contribution < -0.4 is 5.32 Å². The molecule has 0 saturated carbocycles. The first-order valence-electron chi connectivity index (χ1n) is 7.55. The number of aromatic nitrogens is 2. The zero-order valence-corrected chi connectivity index (χ0v) is 13.8. The van der Waals surface area contributed by atoms with E-state index in [0.717, 1.165) is 28.8 Å². The van der Waals surface area contributed by atoms with Crippen LogP contribution in [0.3, 0.4) is 0 Å². The minimum Gasteiger partial charge on any atom is -0.342 e. The SMILES string of the molecule is CSCC[C@@H](C(=O)Nc1cccc2ncccc12)n1cccc1. The van der Waals surface area contributed by atoms with Crippen LogP contribution in [0.1, 0.15) is 12.5 Å². The van der Waals surface area contributed by atoms with Gasteiger partial charge in [0, 0.05) is 24.0 Å². The van der Waals surface area contributed by atoms with Gasteiger partial charge in [-0.15, -0.1) is 0 Å². The summed E-state index contributed by atoms with van der Waals surface area (Å²) in [4.78, 5) is 17.1. The second-order valence-corrected chi connectivity index (χ2v) is 6.28. The van der Waals surface area contributed by atoms with Crippen LogP contribution >= 0.6 is 11.8 Å². The van der Waals surface area contributed by atoms with E-state index < -0.39 is 0 Å². The Morgan fingerprint density at radius 3 is 2.83 bits per heavy atom. The number of pyridine rings is 1. The first-order chi connectivity index (χ1) is 11.3. The number of hydrogen-bond acceptors (Lipinski definition) is 3.